The molecule has 6 heteroatoms. The van der Waals surface area contributed by atoms with E-state index in [1.807, 2.05) is 6.07 Å². The Bertz CT molecular complexity index is 523. The van der Waals surface area contributed by atoms with Gasteiger partial charge in [0.05, 0.1) is 13.2 Å². The molecule has 0 N–H and O–H groups in total. The van der Waals surface area contributed by atoms with E-state index in [1.165, 1.54) is 17.4 Å². The first-order chi connectivity index (χ1) is 6.61. The van der Waals surface area contributed by atoms with Gasteiger partial charge in [0.1, 0.15) is 0 Å². The van der Waals surface area contributed by atoms with Crippen LogP contribution in [-0.2, 0) is 0 Å². The first-order valence-corrected chi connectivity index (χ1v) is 6.00. The third-order valence-corrected chi connectivity index (χ3v) is 4.99. The first-order valence-electron chi connectivity index (χ1n) is 3.65. The quantitative estimate of drug-likeness (QED) is 0.373. The van der Waals surface area contributed by atoms with Gasteiger partial charge in [-0.1, -0.05) is 6.07 Å². The van der Waals surface area contributed by atoms with E-state index >= 15 is 0 Å². The van der Waals surface area contributed by atoms with Gasteiger partial charge in [0.15, 0.2) is 0 Å². The van der Waals surface area contributed by atoms with E-state index in [1.54, 1.807) is 6.07 Å². The predicted molar refractivity (Wildman–Crippen MR) is 68.4 cm³/mol. The lowest BCUT2D eigenvalue weighted by molar-refractivity contribution is -0.383. The minimum Gasteiger partial charge on any atom is -0.258 e. The lowest BCUT2D eigenvalue weighted by Gasteiger charge is -1.93. The highest BCUT2D eigenvalue weighted by Gasteiger charge is 2.17. The highest BCUT2D eigenvalue weighted by Crippen LogP contribution is 2.39. The van der Waals surface area contributed by atoms with Crippen LogP contribution in [0.1, 0.15) is 0 Å². The summed E-state index contributed by atoms with van der Waals surface area (Å²) >= 11 is 7.93. The molecular weight excluding hydrogens is 333 g/mol. The van der Waals surface area contributed by atoms with Crippen LogP contribution >= 0.6 is 46.6 Å². The average Bonchev–Trinajstić information content (AvgIpc) is 2.43. The molecule has 0 radical (unpaired) electrons. The summed E-state index contributed by atoms with van der Waals surface area (Å²) in [5.74, 6) is 0. The van der Waals surface area contributed by atoms with Crippen molar-refractivity contribution in [1.29, 1.82) is 0 Å². The van der Waals surface area contributed by atoms with Crippen LogP contribution in [0.5, 0.6) is 0 Å². The van der Waals surface area contributed by atoms with Gasteiger partial charge in [-0.25, -0.2) is 0 Å². The summed E-state index contributed by atoms with van der Waals surface area (Å²) in [6, 6.07) is 5.07. The van der Waals surface area contributed by atoms with E-state index in [0.29, 0.717) is 10.3 Å². The fourth-order valence-electron chi connectivity index (χ4n) is 1.24. The molecule has 3 nitrogen and oxygen atoms in total. The molecule has 0 fully saturated rings. The zero-order chi connectivity index (χ0) is 10.3. The van der Waals surface area contributed by atoms with E-state index < -0.39 is 0 Å². The number of thiol groups is 1. The van der Waals surface area contributed by atoms with Crippen LogP contribution in [0, 0.1) is 13.0 Å². The van der Waals surface area contributed by atoms with Crippen molar-refractivity contribution >= 4 is 62.3 Å². The lowest BCUT2D eigenvalue weighted by atomic mass is 10.2. The molecule has 2 rings (SSSR count). The molecule has 0 unspecified atom stereocenters. The second-order valence-electron chi connectivity index (χ2n) is 2.63. The minimum absolute atomic E-state index is 0.131. The Kier molecular flexibility index (Phi) is 2.67. The van der Waals surface area contributed by atoms with Gasteiger partial charge in [0, 0.05) is 15.7 Å². The third kappa shape index (κ3) is 1.51. The molecular formula is C8H4INO2S2. The summed E-state index contributed by atoms with van der Waals surface area (Å²) in [7, 11) is 0. The molecule has 0 aliphatic carbocycles. The zero-order valence-electron chi connectivity index (χ0n) is 6.73. The topological polar surface area (TPSA) is 43.1 Å². The summed E-state index contributed by atoms with van der Waals surface area (Å²) in [5, 5.41) is 11.4. The number of hydrogen-bond acceptors (Lipinski definition) is 4. The Labute approximate surface area is 103 Å². The van der Waals surface area contributed by atoms with Gasteiger partial charge in [-0.15, -0.1) is 24.0 Å². The molecule has 0 aliphatic rings. The molecule has 1 heterocycles. The molecule has 0 saturated carbocycles. The number of halogens is 1. The second kappa shape index (κ2) is 3.67. The predicted octanol–water partition coefficient (Wildman–Crippen LogP) is 3.70. The van der Waals surface area contributed by atoms with E-state index in [9.17, 15) is 10.1 Å². The van der Waals surface area contributed by atoms with Gasteiger partial charge in [0.25, 0.3) is 5.69 Å². The smallest absolute Gasteiger partial charge is 0.258 e. The maximum Gasteiger partial charge on any atom is 0.279 e. The Morgan fingerprint density at radius 3 is 2.86 bits per heavy atom. The van der Waals surface area contributed by atoms with E-state index in [-0.39, 0.29) is 10.6 Å². The highest BCUT2D eigenvalue weighted by atomic mass is 127. The SMILES string of the molecule is O=[N+]([O-])c1cccc2sc(I)c(S)c12. The second-order valence-corrected chi connectivity index (χ2v) is 5.94. The molecule has 2 aromatic rings. The Hall–Kier alpha value is -0.340. The number of fused-ring (bicyclic) bond motifs is 1. The normalized spacial score (nSPS) is 10.7. The van der Waals surface area contributed by atoms with Gasteiger partial charge in [-0.05, 0) is 28.7 Å². The van der Waals surface area contributed by atoms with Crippen molar-refractivity contribution in [2.24, 2.45) is 0 Å². The molecule has 0 bridgehead atoms. The third-order valence-electron chi connectivity index (χ3n) is 1.82. The van der Waals surface area contributed by atoms with Crippen LogP contribution in [0.15, 0.2) is 23.1 Å². The highest BCUT2D eigenvalue weighted by molar-refractivity contribution is 14.1. The van der Waals surface area contributed by atoms with Crippen molar-refractivity contribution in [3.8, 4) is 0 Å². The Morgan fingerprint density at radius 1 is 1.50 bits per heavy atom. The number of hydrogen-bond donors (Lipinski definition) is 1. The van der Waals surface area contributed by atoms with Crippen LogP contribution in [-0.4, -0.2) is 4.92 Å². The maximum absolute atomic E-state index is 10.8. The molecule has 0 atom stereocenters. The number of nitrogens with zero attached hydrogens (tertiary/aromatic N) is 1. The molecule has 1 aromatic heterocycles. The monoisotopic (exact) mass is 337 g/mol. The number of nitro benzene ring substituents is 1. The molecule has 72 valence electrons. The molecule has 0 spiro atoms. The van der Waals surface area contributed by atoms with Crippen molar-refractivity contribution < 1.29 is 4.92 Å². The van der Waals surface area contributed by atoms with Crippen molar-refractivity contribution in [3.05, 3.63) is 31.2 Å². The number of rotatable bonds is 1. The van der Waals surface area contributed by atoms with Crippen molar-refractivity contribution in [3.63, 3.8) is 0 Å². The summed E-state index contributed by atoms with van der Waals surface area (Å²) in [5.41, 5.74) is 0.131. The Morgan fingerprint density at radius 2 is 2.21 bits per heavy atom. The van der Waals surface area contributed by atoms with Crippen LogP contribution < -0.4 is 0 Å². The lowest BCUT2D eigenvalue weighted by Crippen LogP contribution is -1.87. The summed E-state index contributed by atoms with van der Waals surface area (Å²) in [6.45, 7) is 0. The van der Waals surface area contributed by atoms with E-state index in [0.717, 1.165) is 7.58 Å². The maximum atomic E-state index is 10.8. The molecule has 0 amide bonds. The van der Waals surface area contributed by atoms with Gasteiger partial charge < -0.3 is 0 Å². The van der Waals surface area contributed by atoms with E-state index in [4.69, 9.17) is 0 Å². The van der Waals surface area contributed by atoms with Crippen LogP contribution in [0.4, 0.5) is 5.69 Å². The number of nitro groups is 1. The fraction of sp³-hybridized carbons (Fsp3) is 0. The van der Waals surface area contributed by atoms with E-state index in [2.05, 4.69) is 35.2 Å². The van der Waals surface area contributed by atoms with Gasteiger partial charge in [-0.2, -0.15) is 0 Å². The summed E-state index contributed by atoms with van der Waals surface area (Å²) < 4.78 is 1.89. The molecule has 0 aliphatic heterocycles. The minimum atomic E-state index is -0.370. The van der Waals surface area contributed by atoms with Gasteiger partial charge >= 0.3 is 0 Å². The van der Waals surface area contributed by atoms with Gasteiger partial charge in [-0.3, -0.25) is 10.1 Å². The first kappa shape index (κ1) is 10.2. The molecule has 14 heavy (non-hydrogen) atoms. The standard InChI is InChI=1S/C8H4INO2S2/c9-8-7(13)6-4(10(11)12)2-1-3-5(6)14-8/h1-3,13H. The van der Waals surface area contributed by atoms with Crippen LogP contribution in [0.3, 0.4) is 0 Å². The number of thiophene rings is 1. The largest absolute Gasteiger partial charge is 0.279 e. The Balaban J connectivity index is 2.91. The van der Waals surface area contributed by atoms with Crippen LogP contribution in [0.2, 0.25) is 0 Å². The van der Waals surface area contributed by atoms with Gasteiger partial charge in [0.2, 0.25) is 0 Å². The average molecular weight is 337 g/mol. The van der Waals surface area contributed by atoms with Crippen molar-refractivity contribution in [1.82, 2.24) is 0 Å². The number of non-ortho nitro benzene ring substituents is 1. The summed E-state index contributed by atoms with van der Waals surface area (Å²) in [4.78, 5) is 11.1. The molecule has 0 saturated heterocycles. The van der Waals surface area contributed by atoms with Crippen molar-refractivity contribution in [2.45, 2.75) is 4.90 Å². The summed E-state index contributed by atoms with van der Waals surface area (Å²) in [6.07, 6.45) is 0. The fourth-order valence-corrected chi connectivity index (χ4v) is 3.51. The number of benzene rings is 1. The van der Waals surface area contributed by atoms with Crippen molar-refractivity contribution in [2.75, 3.05) is 0 Å². The van der Waals surface area contributed by atoms with Crippen LogP contribution in [0.25, 0.3) is 10.1 Å². The molecule has 1 aromatic carbocycles. The zero-order valence-corrected chi connectivity index (χ0v) is 10.6.